The van der Waals surface area contributed by atoms with Crippen LogP contribution in [0.5, 0.6) is 0 Å². The van der Waals surface area contributed by atoms with E-state index in [1.165, 1.54) is 6.42 Å². The van der Waals surface area contributed by atoms with Crippen LogP contribution in [0.25, 0.3) is 11.4 Å². The zero-order chi connectivity index (χ0) is 16.8. The van der Waals surface area contributed by atoms with Crippen LogP contribution in [0.3, 0.4) is 0 Å². The molecule has 1 unspecified atom stereocenters. The summed E-state index contributed by atoms with van der Waals surface area (Å²) >= 11 is 3.63. The van der Waals surface area contributed by atoms with Gasteiger partial charge in [0.05, 0.1) is 12.3 Å². The van der Waals surface area contributed by atoms with Gasteiger partial charge in [-0.2, -0.15) is 0 Å². The van der Waals surface area contributed by atoms with Crippen molar-refractivity contribution in [2.24, 2.45) is 0 Å². The Morgan fingerprint density at radius 2 is 2.12 bits per heavy atom. The van der Waals surface area contributed by atoms with Gasteiger partial charge in [-0.05, 0) is 41.6 Å². The first-order valence-electron chi connectivity index (χ1n) is 8.83. The smallest absolute Gasteiger partial charge is 0.158 e. The van der Waals surface area contributed by atoms with Crippen molar-refractivity contribution in [3.05, 3.63) is 40.6 Å². The molecule has 1 aliphatic rings. The van der Waals surface area contributed by atoms with E-state index in [4.69, 9.17) is 14.5 Å². The Labute approximate surface area is 152 Å². The second-order valence-corrected chi connectivity index (χ2v) is 6.90. The van der Waals surface area contributed by atoms with Crippen LogP contribution in [0.15, 0.2) is 34.9 Å². The molecule has 1 aromatic carbocycles. The first-order chi connectivity index (χ1) is 11.8. The van der Waals surface area contributed by atoms with Gasteiger partial charge in [0.15, 0.2) is 6.29 Å². The highest BCUT2D eigenvalue weighted by Gasteiger charge is 2.20. The Hall–Kier alpha value is -1.17. The number of hydrogen-bond donors (Lipinski definition) is 0. The van der Waals surface area contributed by atoms with Crippen LogP contribution in [0.2, 0.25) is 0 Å². The van der Waals surface area contributed by atoms with Crippen molar-refractivity contribution in [3.63, 3.8) is 0 Å². The topological polar surface area (TPSA) is 36.3 Å². The van der Waals surface area contributed by atoms with Crippen molar-refractivity contribution in [1.29, 1.82) is 0 Å². The lowest BCUT2D eigenvalue weighted by Crippen LogP contribution is -2.22. The third-order valence-electron chi connectivity index (χ3n) is 4.33. The summed E-state index contributed by atoms with van der Waals surface area (Å²) in [7, 11) is 0. The molecular formula is C19H25BrN2O2. The molecule has 0 aliphatic carbocycles. The van der Waals surface area contributed by atoms with E-state index >= 15 is 0 Å². The second kappa shape index (κ2) is 8.79. The molecule has 5 heteroatoms. The molecule has 0 amide bonds. The highest BCUT2D eigenvalue weighted by Crippen LogP contribution is 2.28. The molecule has 0 radical (unpaired) electrons. The zero-order valence-electron chi connectivity index (χ0n) is 14.2. The summed E-state index contributed by atoms with van der Waals surface area (Å²) in [5.74, 6) is 0.999. The van der Waals surface area contributed by atoms with Crippen LogP contribution < -0.4 is 0 Å². The maximum Gasteiger partial charge on any atom is 0.158 e. The number of hydrogen-bond acceptors (Lipinski definition) is 3. The Bertz CT molecular complexity index is 636. The minimum atomic E-state index is -0.0830. The standard InChI is InChI=1S/C19H25BrN2O2/c1-2-3-12-22-16(14-24-17-11-7-8-13-23-17)18(20)21-19(22)15-9-5-4-6-10-15/h4-6,9-10,17H,2-3,7-8,11-14H2,1H3. The maximum atomic E-state index is 6.01. The number of benzene rings is 1. The monoisotopic (exact) mass is 392 g/mol. The van der Waals surface area contributed by atoms with Crippen LogP contribution in [-0.4, -0.2) is 22.4 Å². The van der Waals surface area contributed by atoms with Crippen LogP contribution in [-0.2, 0) is 22.6 Å². The number of ether oxygens (including phenoxy) is 2. The van der Waals surface area contributed by atoms with Crippen molar-refractivity contribution >= 4 is 15.9 Å². The number of rotatable bonds is 7. The minimum absolute atomic E-state index is 0.0830. The average molecular weight is 393 g/mol. The summed E-state index contributed by atoms with van der Waals surface area (Å²) < 4.78 is 14.8. The lowest BCUT2D eigenvalue weighted by Gasteiger charge is -2.23. The Balaban J connectivity index is 1.82. The van der Waals surface area contributed by atoms with E-state index in [2.05, 4.69) is 39.6 Å². The molecule has 24 heavy (non-hydrogen) atoms. The van der Waals surface area contributed by atoms with Gasteiger partial charge in [-0.3, -0.25) is 0 Å². The third-order valence-corrected chi connectivity index (χ3v) is 4.97. The van der Waals surface area contributed by atoms with E-state index in [1.54, 1.807) is 0 Å². The van der Waals surface area contributed by atoms with Crippen molar-refractivity contribution in [3.8, 4) is 11.4 Å². The van der Waals surface area contributed by atoms with E-state index in [0.717, 1.165) is 60.5 Å². The van der Waals surface area contributed by atoms with Crippen LogP contribution >= 0.6 is 15.9 Å². The number of aromatic nitrogens is 2. The van der Waals surface area contributed by atoms with Gasteiger partial charge in [-0.1, -0.05) is 43.7 Å². The molecule has 1 aliphatic heterocycles. The first-order valence-corrected chi connectivity index (χ1v) is 9.62. The van der Waals surface area contributed by atoms with E-state index in [1.807, 2.05) is 18.2 Å². The molecule has 130 valence electrons. The van der Waals surface area contributed by atoms with Crippen LogP contribution in [0.4, 0.5) is 0 Å². The molecule has 2 aromatic rings. The summed E-state index contributed by atoms with van der Waals surface area (Å²) in [5, 5.41) is 0. The maximum absolute atomic E-state index is 6.01. The third kappa shape index (κ3) is 4.26. The molecule has 4 nitrogen and oxygen atoms in total. The number of nitrogens with zero attached hydrogens (tertiary/aromatic N) is 2. The summed E-state index contributed by atoms with van der Waals surface area (Å²) in [6.07, 6.45) is 5.48. The van der Waals surface area contributed by atoms with Crippen molar-refractivity contribution in [1.82, 2.24) is 9.55 Å². The van der Waals surface area contributed by atoms with Gasteiger partial charge >= 0.3 is 0 Å². The Morgan fingerprint density at radius 1 is 1.29 bits per heavy atom. The molecule has 0 bridgehead atoms. The Kier molecular flexibility index (Phi) is 6.46. The van der Waals surface area contributed by atoms with Gasteiger partial charge in [0.1, 0.15) is 10.4 Å². The number of imidazole rings is 1. The SMILES string of the molecule is CCCCn1c(-c2ccccc2)nc(Br)c1COC1CCCCO1. The fourth-order valence-electron chi connectivity index (χ4n) is 2.97. The highest BCUT2D eigenvalue weighted by atomic mass is 79.9. The fraction of sp³-hybridized carbons (Fsp3) is 0.526. The van der Waals surface area contributed by atoms with E-state index in [-0.39, 0.29) is 6.29 Å². The fourth-order valence-corrected chi connectivity index (χ4v) is 3.47. The normalized spacial score (nSPS) is 18.0. The molecule has 1 saturated heterocycles. The van der Waals surface area contributed by atoms with Gasteiger partial charge in [0, 0.05) is 18.7 Å². The highest BCUT2D eigenvalue weighted by molar-refractivity contribution is 9.10. The summed E-state index contributed by atoms with van der Waals surface area (Å²) in [6.45, 7) is 4.48. The Morgan fingerprint density at radius 3 is 2.83 bits per heavy atom. The second-order valence-electron chi connectivity index (χ2n) is 6.15. The molecule has 1 aromatic heterocycles. The van der Waals surface area contributed by atoms with Gasteiger partial charge in [0.2, 0.25) is 0 Å². The van der Waals surface area contributed by atoms with Crippen molar-refractivity contribution < 1.29 is 9.47 Å². The summed E-state index contributed by atoms with van der Waals surface area (Å²) in [5.41, 5.74) is 2.23. The first kappa shape index (κ1) is 17.6. The summed E-state index contributed by atoms with van der Waals surface area (Å²) in [6, 6.07) is 10.3. The van der Waals surface area contributed by atoms with Gasteiger partial charge in [-0.25, -0.2) is 4.98 Å². The molecule has 1 atom stereocenters. The molecule has 0 saturated carbocycles. The zero-order valence-corrected chi connectivity index (χ0v) is 15.8. The van der Waals surface area contributed by atoms with Crippen molar-refractivity contribution in [2.45, 2.75) is 58.5 Å². The lowest BCUT2D eigenvalue weighted by molar-refractivity contribution is -0.169. The number of unbranched alkanes of at least 4 members (excludes halogenated alkanes) is 1. The molecule has 2 heterocycles. The van der Waals surface area contributed by atoms with Crippen molar-refractivity contribution in [2.75, 3.05) is 6.61 Å². The lowest BCUT2D eigenvalue weighted by atomic mass is 10.2. The molecular weight excluding hydrogens is 368 g/mol. The van der Waals surface area contributed by atoms with Crippen LogP contribution in [0.1, 0.15) is 44.7 Å². The van der Waals surface area contributed by atoms with Crippen LogP contribution in [0, 0.1) is 0 Å². The predicted molar refractivity (Wildman–Crippen MR) is 98.7 cm³/mol. The molecule has 3 rings (SSSR count). The van der Waals surface area contributed by atoms with Gasteiger partial charge in [0.25, 0.3) is 0 Å². The largest absolute Gasteiger partial charge is 0.353 e. The average Bonchev–Trinajstić information content (AvgIpc) is 2.95. The van der Waals surface area contributed by atoms with Gasteiger partial charge in [-0.15, -0.1) is 0 Å². The quantitative estimate of drug-likeness (QED) is 0.652. The van der Waals surface area contributed by atoms with Gasteiger partial charge < -0.3 is 14.0 Å². The molecule has 1 fully saturated rings. The minimum Gasteiger partial charge on any atom is -0.353 e. The van der Waals surface area contributed by atoms with E-state index in [9.17, 15) is 0 Å². The number of halogens is 1. The molecule has 0 N–H and O–H groups in total. The summed E-state index contributed by atoms with van der Waals surface area (Å²) in [4.78, 5) is 4.76. The van der Waals surface area contributed by atoms with E-state index in [0.29, 0.717) is 6.61 Å². The predicted octanol–water partition coefficient (Wildman–Crippen LogP) is 5.16. The molecule has 0 spiro atoms. The van der Waals surface area contributed by atoms with E-state index < -0.39 is 0 Å².